The second kappa shape index (κ2) is 5.13. The largest absolute Gasteiger partial charge is 0.393 e. The fourth-order valence-electron chi connectivity index (χ4n) is 4.13. The van der Waals surface area contributed by atoms with E-state index in [1.165, 1.54) is 0 Å². The van der Waals surface area contributed by atoms with Gasteiger partial charge in [0.1, 0.15) is 11.3 Å². The zero-order valence-corrected chi connectivity index (χ0v) is 13.1. The molecule has 3 rings (SSSR count). The van der Waals surface area contributed by atoms with Crippen LogP contribution < -0.4 is 0 Å². The van der Waals surface area contributed by atoms with Gasteiger partial charge in [0, 0.05) is 12.6 Å². The van der Waals surface area contributed by atoms with E-state index in [-0.39, 0.29) is 23.5 Å². The van der Waals surface area contributed by atoms with E-state index in [0.717, 1.165) is 37.9 Å². The summed E-state index contributed by atoms with van der Waals surface area (Å²) in [5.41, 5.74) is 1.44. The molecule has 2 aliphatic rings. The van der Waals surface area contributed by atoms with Gasteiger partial charge in [-0.15, -0.1) is 0 Å². The van der Waals surface area contributed by atoms with Gasteiger partial charge in [0.25, 0.3) is 5.91 Å². The number of hydrogen-bond donors (Lipinski definition) is 1. The van der Waals surface area contributed by atoms with E-state index in [1.807, 2.05) is 11.8 Å². The SMILES string of the molecule is CCc1noc(C)c1C(=O)N1CC[C@@]2(C)C[C@H](O)CC[C@@H]12. The van der Waals surface area contributed by atoms with Crippen molar-refractivity contribution in [2.45, 2.75) is 65.0 Å². The smallest absolute Gasteiger partial charge is 0.259 e. The molecule has 0 bridgehead atoms. The molecule has 116 valence electrons. The van der Waals surface area contributed by atoms with Crippen molar-refractivity contribution in [3.05, 3.63) is 17.0 Å². The van der Waals surface area contributed by atoms with Gasteiger partial charge in [-0.2, -0.15) is 0 Å². The molecule has 1 aromatic heterocycles. The highest BCUT2D eigenvalue weighted by atomic mass is 16.5. The van der Waals surface area contributed by atoms with Crippen LogP contribution in [0.5, 0.6) is 0 Å². The van der Waals surface area contributed by atoms with Crippen molar-refractivity contribution in [2.75, 3.05) is 6.54 Å². The third-order valence-electron chi connectivity index (χ3n) is 5.32. The van der Waals surface area contributed by atoms with Gasteiger partial charge in [-0.1, -0.05) is 19.0 Å². The number of hydrogen-bond acceptors (Lipinski definition) is 4. The van der Waals surface area contributed by atoms with E-state index in [2.05, 4.69) is 12.1 Å². The Balaban J connectivity index is 1.88. The van der Waals surface area contributed by atoms with E-state index in [9.17, 15) is 9.90 Å². The number of likely N-dealkylation sites (tertiary alicyclic amines) is 1. The van der Waals surface area contributed by atoms with E-state index >= 15 is 0 Å². The van der Waals surface area contributed by atoms with Gasteiger partial charge >= 0.3 is 0 Å². The van der Waals surface area contributed by atoms with Gasteiger partial charge in [-0.25, -0.2) is 0 Å². The Labute approximate surface area is 125 Å². The van der Waals surface area contributed by atoms with Crippen molar-refractivity contribution < 1.29 is 14.4 Å². The minimum Gasteiger partial charge on any atom is -0.393 e. The molecular weight excluding hydrogens is 268 g/mol. The lowest BCUT2D eigenvalue weighted by atomic mass is 9.71. The summed E-state index contributed by atoms with van der Waals surface area (Å²) >= 11 is 0. The third kappa shape index (κ3) is 2.27. The van der Waals surface area contributed by atoms with Crippen LogP contribution in [0.1, 0.15) is 61.3 Å². The van der Waals surface area contributed by atoms with Crippen LogP contribution in [0, 0.1) is 12.3 Å². The molecule has 0 spiro atoms. The summed E-state index contributed by atoms with van der Waals surface area (Å²) in [6.45, 7) is 6.76. The van der Waals surface area contributed by atoms with Crippen molar-refractivity contribution in [2.24, 2.45) is 5.41 Å². The summed E-state index contributed by atoms with van der Waals surface area (Å²) in [6, 6.07) is 0.229. The first-order valence-electron chi connectivity index (χ1n) is 7.90. The molecule has 1 saturated heterocycles. The van der Waals surface area contributed by atoms with Crippen LogP contribution in [-0.2, 0) is 6.42 Å². The highest BCUT2D eigenvalue weighted by molar-refractivity contribution is 5.96. The first-order valence-corrected chi connectivity index (χ1v) is 7.90. The van der Waals surface area contributed by atoms with E-state index < -0.39 is 0 Å². The molecule has 1 aromatic rings. The zero-order valence-electron chi connectivity index (χ0n) is 13.1. The average Bonchev–Trinajstić information content (AvgIpc) is 2.97. The lowest BCUT2D eigenvalue weighted by Gasteiger charge is -2.41. The predicted octanol–water partition coefficient (Wildman–Crippen LogP) is 2.31. The number of aryl methyl sites for hydroxylation is 2. The first kappa shape index (κ1) is 14.6. The summed E-state index contributed by atoms with van der Waals surface area (Å²) in [7, 11) is 0. The molecule has 3 atom stereocenters. The maximum absolute atomic E-state index is 13.0. The normalized spacial score (nSPS) is 32.3. The van der Waals surface area contributed by atoms with Crippen LogP contribution in [0.15, 0.2) is 4.52 Å². The van der Waals surface area contributed by atoms with Crippen LogP contribution in [0.3, 0.4) is 0 Å². The van der Waals surface area contributed by atoms with Crippen molar-refractivity contribution in [1.82, 2.24) is 10.1 Å². The fourth-order valence-corrected chi connectivity index (χ4v) is 4.13. The van der Waals surface area contributed by atoms with Crippen LogP contribution in [0.2, 0.25) is 0 Å². The molecule has 2 heterocycles. The molecule has 5 heteroatoms. The number of fused-ring (bicyclic) bond motifs is 1. The van der Waals surface area contributed by atoms with Crippen LogP contribution >= 0.6 is 0 Å². The fraction of sp³-hybridized carbons (Fsp3) is 0.750. The molecule has 5 nitrogen and oxygen atoms in total. The third-order valence-corrected chi connectivity index (χ3v) is 5.32. The van der Waals surface area contributed by atoms with Crippen molar-refractivity contribution in [3.63, 3.8) is 0 Å². The van der Waals surface area contributed by atoms with Gasteiger partial charge in [0.15, 0.2) is 0 Å². The standard InChI is InChI=1S/C16H24N2O3/c1-4-12-14(10(2)21-17-12)15(20)18-8-7-16(3)9-11(19)5-6-13(16)18/h11,13,19H,4-9H2,1-3H3/t11-,13-,16+/m1/s1. The Kier molecular flexibility index (Phi) is 3.56. The van der Waals surface area contributed by atoms with E-state index in [4.69, 9.17) is 4.52 Å². The van der Waals surface area contributed by atoms with Crippen molar-refractivity contribution in [3.8, 4) is 0 Å². The first-order chi connectivity index (χ1) is 9.96. The average molecular weight is 292 g/mol. The lowest BCUT2D eigenvalue weighted by molar-refractivity contribution is 0.0210. The number of carbonyl (C=O) groups is 1. The monoisotopic (exact) mass is 292 g/mol. The Morgan fingerprint density at radius 2 is 2.29 bits per heavy atom. The van der Waals surface area contributed by atoms with Gasteiger partial charge in [0.2, 0.25) is 0 Å². The van der Waals surface area contributed by atoms with Crippen LogP contribution in [-0.4, -0.2) is 39.8 Å². The summed E-state index contributed by atoms with van der Waals surface area (Å²) in [4.78, 5) is 14.9. The zero-order chi connectivity index (χ0) is 15.2. The quantitative estimate of drug-likeness (QED) is 0.908. The second-order valence-corrected chi connectivity index (χ2v) is 6.77. The topological polar surface area (TPSA) is 66.6 Å². The number of aliphatic hydroxyl groups excluding tert-OH is 1. The summed E-state index contributed by atoms with van der Waals surface area (Å²) in [6.07, 6.45) is 3.91. The predicted molar refractivity (Wildman–Crippen MR) is 78.0 cm³/mol. The highest BCUT2D eigenvalue weighted by Crippen LogP contribution is 2.47. The minimum atomic E-state index is -0.218. The Morgan fingerprint density at radius 1 is 1.52 bits per heavy atom. The van der Waals surface area contributed by atoms with Crippen molar-refractivity contribution in [1.29, 1.82) is 0 Å². The second-order valence-electron chi connectivity index (χ2n) is 6.77. The maximum Gasteiger partial charge on any atom is 0.259 e. The minimum absolute atomic E-state index is 0.0464. The summed E-state index contributed by atoms with van der Waals surface area (Å²) in [5, 5.41) is 13.9. The maximum atomic E-state index is 13.0. The number of amides is 1. The molecule has 1 saturated carbocycles. The summed E-state index contributed by atoms with van der Waals surface area (Å²) < 4.78 is 5.21. The molecule has 0 radical (unpaired) electrons. The molecular formula is C16H24N2O3. The number of rotatable bonds is 2. The van der Waals surface area contributed by atoms with Gasteiger partial charge in [-0.05, 0) is 44.4 Å². The Bertz CT molecular complexity index is 554. The molecule has 21 heavy (non-hydrogen) atoms. The summed E-state index contributed by atoms with van der Waals surface area (Å²) in [5.74, 6) is 0.664. The van der Waals surface area contributed by atoms with Gasteiger partial charge in [-0.3, -0.25) is 4.79 Å². The molecule has 1 N–H and O–H groups in total. The molecule has 1 aliphatic heterocycles. The van der Waals surface area contributed by atoms with Crippen molar-refractivity contribution >= 4 is 5.91 Å². The van der Waals surface area contributed by atoms with Crippen LogP contribution in [0.25, 0.3) is 0 Å². The number of aliphatic hydroxyl groups is 1. The Hall–Kier alpha value is -1.36. The lowest BCUT2D eigenvalue weighted by Crippen LogP contribution is -2.46. The Morgan fingerprint density at radius 3 is 3.00 bits per heavy atom. The number of nitrogens with zero attached hydrogens (tertiary/aromatic N) is 2. The van der Waals surface area contributed by atoms with Gasteiger partial charge in [0.05, 0.1) is 11.8 Å². The van der Waals surface area contributed by atoms with E-state index in [1.54, 1.807) is 6.92 Å². The number of aromatic nitrogens is 1. The molecule has 1 aliphatic carbocycles. The van der Waals surface area contributed by atoms with E-state index in [0.29, 0.717) is 17.7 Å². The van der Waals surface area contributed by atoms with Gasteiger partial charge < -0.3 is 14.5 Å². The highest BCUT2D eigenvalue weighted by Gasteiger charge is 2.49. The molecule has 1 amide bonds. The molecule has 0 unspecified atom stereocenters. The number of carbonyl (C=O) groups excluding carboxylic acids is 1. The van der Waals surface area contributed by atoms with Crippen LogP contribution in [0.4, 0.5) is 0 Å². The molecule has 0 aromatic carbocycles. The molecule has 2 fully saturated rings.